The summed E-state index contributed by atoms with van der Waals surface area (Å²) >= 11 is 2.14. The molecule has 1 aliphatic rings. The van der Waals surface area contributed by atoms with Crippen LogP contribution in [0.25, 0.3) is 0 Å². The summed E-state index contributed by atoms with van der Waals surface area (Å²) in [4.78, 5) is 0. The molecule has 1 heterocycles. The Morgan fingerprint density at radius 2 is 2.25 bits per heavy atom. The van der Waals surface area contributed by atoms with E-state index in [1.54, 1.807) is 0 Å². The Kier molecular flexibility index (Phi) is 6.33. The summed E-state index contributed by atoms with van der Waals surface area (Å²) in [5.41, 5.74) is 1.87. The second kappa shape index (κ2) is 7.26. The van der Waals surface area contributed by atoms with Crippen molar-refractivity contribution in [2.45, 2.75) is 52.9 Å². The minimum Gasteiger partial charge on any atom is -0.501 e. The maximum Gasteiger partial charge on any atom is 0.0873 e. The van der Waals surface area contributed by atoms with E-state index in [-0.39, 0.29) is 0 Å². The molecular formula is C14H26OS. The van der Waals surface area contributed by atoms with Crippen molar-refractivity contribution < 1.29 is 4.74 Å². The molecule has 94 valence electrons. The smallest absolute Gasteiger partial charge is 0.0873 e. The minimum atomic E-state index is 0.622. The molecule has 16 heavy (non-hydrogen) atoms. The average Bonchev–Trinajstić information content (AvgIpc) is 2.29. The van der Waals surface area contributed by atoms with Crippen LogP contribution in [0.3, 0.4) is 0 Å². The lowest BCUT2D eigenvalue weighted by molar-refractivity contribution is 0.193. The molecule has 0 spiro atoms. The van der Waals surface area contributed by atoms with Crippen LogP contribution < -0.4 is 0 Å². The largest absolute Gasteiger partial charge is 0.501 e. The number of hydrogen-bond acceptors (Lipinski definition) is 2. The summed E-state index contributed by atoms with van der Waals surface area (Å²) in [5, 5.41) is 0. The first-order valence-electron chi connectivity index (χ1n) is 6.51. The first-order valence-corrected chi connectivity index (χ1v) is 7.67. The zero-order valence-corrected chi connectivity index (χ0v) is 11.9. The fourth-order valence-electron chi connectivity index (χ4n) is 2.32. The lowest BCUT2D eigenvalue weighted by atomic mass is 9.78. The lowest BCUT2D eigenvalue weighted by Crippen LogP contribution is -2.27. The molecule has 1 nitrogen and oxygen atoms in total. The van der Waals surface area contributed by atoms with Crippen LogP contribution >= 0.6 is 11.8 Å². The SMILES string of the molecule is CCC1(CCCOC=C(C)C)CCCSC1. The molecular weight excluding hydrogens is 216 g/mol. The molecule has 0 N–H and O–H groups in total. The Morgan fingerprint density at radius 3 is 2.81 bits per heavy atom. The molecule has 0 radical (unpaired) electrons. The van der Waals surface area contributed by atoms with Crippen molar-refractivity contribution in [2.75, 3.05) is 18.1 Å². The van der Waals surface area contributed by atoms with Crippen molar-refractivity contribution in [1.82, 2.24) is 0 Å². The molecule has 1 rings (SSSR count). The Morgan fingerprint density at radius 1 is 1.44 bits per heavy atom. The lowest BCUT2D eigenvalue weighted by Gasteiger charge is -2.36. The number of hydrogen-bond donors (Lipinski definition) is 0. The van der Waals surface area contributed by atoms with E-state index in [1.807, 2.05) is 6.26 Å². The van der Waals surface area contributed by atoms with Gasteiger partial charge in [0.2, 0.25) is 0 Å². The second-order valence-electron chi connectivity index (χ2n) is 5.18. The van der Waals surface area contributed by atoms with Gasteiger partial charge in [-0.3, -0.25) is 0 Å². The van der Waals surface area contributed by atoms with Gasteiger partial charge in [0, 0.05) is 0 Å². The van der Waals surface area contributed by atoms with Gasteiger partial charge in [-0.15, -0.1) is 0 Å². The highest BCUT2D eigenvalue weighted by Crippen LogP contribution is 2.41. The van der Waals surface area contributed by atoms with E-state index in [2.05, 4.69) is 32.5 Å². The summed E-state index contributed by atoms with van der Waals surface area (Å²) in [6, 6.07) is 0. The Labute approximate surface area is 105 Å². The van der Waals surface area contributed by atoms with E-state index in [0.717, 1.165) is 6.61 Å². The molecule has 0 bridgehead atoms. The summed E-state index contributed by atoms with van der Waals surface area (Å²) in [6.07, 6.45) is 8.61. The first-order chi connectivity index (χ1) is 7.68. The van der Waals surface area contributed by atoms with Crippen LogP contribution in [0, 0.1) is 5.41 Å². The Bertz CT molecular complexity index is 213. The van der Waals surface area contributed by atoms with Crippen molar-refractivity contribution in [2.24, 2.45) is 5.41 Å². The van der Waals surface area contributed by atoms with Gasteiger partial charge >= 0.3 is 0 Å². The molecule has 0 saturated carbocycles. The number of allylic oxidation sites excluding steroid dienone is 1. The van der Waals surface area contributed by atoms with E-state index in [9.17, 15) is 0 Å². The zero-order chi connectivity index (χ0) is 11.9. The third kappa shape index (κ3) is 4.82. The molecule has 1 fully saturated rings. The molecule has 0 aromatic carbocycles. The minimum absolute atomic E-state index is 0.622. The van der Waals surface area contributed by atoms with Crippen LogP contribution in [0.2, 0.25) is 0 Å². The molecule has 1 aliphatic heterocycles. The van der Waals surface area contributed by atoms with E-state index >= 15 is 0 Å². The van der Waals surface area contributed by atoms with Crippen molar-refractivity contribution in [3.63, 3.8) is 0 Å². The van der Waals surface area contributed by atoms with E-state index < -0.39 is 0 Å². The van der Waals surface area contributed by atoms with Crippen LogP contribution in [-0.4, -0.2) is 18.1 Å². The van der Waals surface area contributed by atoms with Gasteiger partial charge in [-0.1, -0.05) is 6.92 Å². The van der Waals surface area contributed by atoms with E-state index in [4.69, 9.17) is 4.74 Å². The van der Waals surface area contributed by atoms with Gasteiger partial charge < -0.3 is 4.74 Å². The van der Waals surface area contributed by atoms with Crippen LogP contribution in [0.1, 0.15) is 52.9 Å². The Hall–Kier alpha value is -0.110. The summed E-state index contributed by atoms with van der Waals surface area (Å²) < 4.78 is 5.51. The van der Waals surface area contributed by atoms with E-state index in [0.29, 0.717) is 5.41 Å². The molecule has 0 amide bonds. The fraction of sp³-hybridized carbons (Fsp3) is 0.857. The fourth-order valence-corrected chi connectivity index (χ4v) is 3.74. The average molecular weight is 242 g/mol. The topological polar surface area (TPSA) is 9.23 Å². The molecule has 1 unspecified atom stereocenters. The quantitative estimate of drug-likeness (QED) is 0.496. The Balaban J connectivity index is 2.20. The van der Waals surface area contributed by atoms with Crippen molar-refractivity contribution in [1.29, 1.82) is 0 Å². The summed E-state index contributed by atoms with van der Waals surface area (Å²) in [6.45, 7) is 7.39. The first kappa shape index (κ1) is 14.0. The molecule has 0 aromatic heterocycles. The summed E-state index contributed by atoms with van der Waals surface area (Å²) in [7, 11) is 0. The van der Waals surface area contributed by atoms with Gasteiger partial charge in [-0.2, -0.15) is 11.8 Å². The molecule has 1 saturated heterocycles. The predicted octanol–water partition coefficient (Wildman–Crippen LogP) is 4.63. The van der Waals surface area contributed by atoms with Crippen molar-refractivity contribution in [3.05, 3.63) is 11.8 Å². The van der Waals surface area contributed by atoms with Gasteiger partial charge in [0.15, 0.2) is 0 Å². The number of rotatable bonds is 6. The zero-order valence-electron chi connectivity index (χ0n) is 11.1. The third-order valence-corrected chi connectivity index (χ3v) is 4.84. The molecule has 0 aromatic rings. The molecule has 0 aliphatic carbocycles. The highest BCUT2D eigenvalue weighted by molar-refractivity contribution is 7.99. The van der Waals surface area contributed by atoms with Gasteiger partial charge in [0.25, 0.3) is 0 Å². The predicted molar refractivity (Wildman–Crippen MR) is 73.9 cm³/mol. The maximum absolute atomic E-state index is 5.51. The number of ether oxygens (including phenoxy) is 1. The van der Waals surface area contributed by atoms with Crippen LogP contribution in [0.15, 0.2) is 11.8 Å². The number of thioether (sulfide) groups is 1. The van der Waals surface area contributed by atoms with Crippen molar-refractivity contribution >= 4 is 11.8 Å². The normalized spacial score (nSPS) is 25.2. The van der Waals surface area contributed by atoms with Crippen LogP contribution in [0.4, 0.5) is 0 Å². The third-order valence-electron chi connectivity index (χ3n) is 3.44. The van der Waals surface area contributed by atoms with Gasteiger partial charge in [0.05, 0.1) is 12.9 Å². The monoisotopic (exact) mass is 242 g/mol. The molecule has 1 atom stereocenters. The van der Waals surface area contributed by atoms with E-state index in [1.165, 1.54) is 49.2 Å². The molecule has 2 heteroatoms. The van der Waals surface area contributed by atoms with Crippen LogP contribution in [-0.2, 0) is 4.74 Å². The van der Waals surface area contributed by atoms with Crippen LogP contribution in [0.5, 0.6) is 0 Å². The van der Waals surface area contributed by atoms with Crippen molar-refractivity contribution in [3.8, 4) is 0 Å². The highest BCUT2D eigenvalue weighted by atomic mass is 32.2. The van der Waals surface area contributed by atoms with Gasteiger partial charge in [-0.25, -0.2) is 0 Å². The van der Waals surface area contributed by atoms with Gasteiger partial charge in [0.1, 0.15) is 0 Å². The maximum atomic E-state index is 5.51. The van der Waals surface area contributed by atoms with Gasteiger partial charge in [-0.05, 0) is 68.4 Å². The standard InChI is InChI=1S/C14H26OS/c1-4-14(8-6-10-16-12-14)7-5-9-15-11-13(2)3/h11H,4-10,12H2,1-3H3. The second-order valence-corrected chi connectivity index (χ2v) is 6.28. The highest BCUT2D eigenvalue weighted by Gasteiger charge is 2.29. The summed E-state index contributed by atoms with van der Waals surface area (Å²) in [5.74, 6) is 2.74.